The second kappa shape index (κ2) is 5.79. The van der Waals surface area contributed by atoms with Crippen molar-refractivity contribution in [2.24, 2.45) is 17.6 Å². The summed E-state index contributed by atoms with van der Waals surface area (Å²) in [6.07, 6.45) is -10.6. The van der Waals surface area contributed by atoms with E-state index < -0.39 is 24.2 Å². The first-order valence-electron chi connectivity index (χ1n) is 6.12. The van der Waals surface area contributed by atoms with Crippen LogP contribution < -0.4 is 5.73 Å². The normalized spacial score (nSPS) is 20.4. The molecule has 20 heavy (non-hydrogen) atoms. The summed E-state index contributed by atoms with van der Waals surface area (Å²) in [6.45, 7) is 1.46. The van der Waals surface area contributed by atoms with E-state index in [9.17, 15) is 31.1 Å². The molecule has 0 bridgehead atoms. The monoisotopic (exact) mass is 306 g/mol. The van der Waals surface area contributed by atoms with Gasteiger partial charge in [-0.3, -0.25) is 4.79 Å². The molecule has 1 heterocycles. The first-order chi connectivity index (χ1) is 8.94. The molecule has 3 nitrogen and oxygen atoms in total. The molecule has 1 unspecified atom stereocenters. The Bertz CT molecular complexity index is 330. The average Bonchev–Trinajstić information content (AvgIpc) is 2.25. The number of hydrogen-bond donors (Lipinski definition) is 1. The average molecular weight is 306 g/mol. The lowest BCUT2D eigenvalue weighted by Gasteiger charge is -2.36. The van der Waals surface area contributed by atoms with E-state index >= 15 is 0 Å². The lowest BCUT2D eigenvalue weighted by molar-refractivity contribution is -0.277. The molecule has 1 rings (SSSR count). The minimum Gasteiger partial charge on any atom is -0.342 e. The van der Waals surface area contributed by atoms with Crippen LogP contribution in [0.2, 0.25) is 0 Å². The van der Waals surface area contributed by atoms with Crippen molar-refractivity contribution in [1.29, 1.82) is 0 Å². The lowest BCUT2D eigenvalue weighted by atomic mass is 9.90. The summed E-state index contributed by atoms with van der Waals surface area (Å²) in [5.74, 6) is -5.86. The van der Waals surface area contributed by atoms with Crippen LogP contribution in [0.1, 0.15) is 19.8 Å². The summed E-state index contributed by atoms with van der Waals surface area (Å²) < 4.78 is 74.6. The molecular formula is C11H16F6N2O. The van der Waals surface area contributed by atoms with E-state index in [1.54, 1.807) is 6.92 Å². The number of nitrogens with two attached hydrogens (primary N) is 1. The van der Waals surface area contributed by atoms with Gasteiger partial charge in [0.25, 0.3) is 0 Å². The van der Waals surface area contributed by atoms with Gasteiger partial charge in [-0.25, -0.2) is 0 Å². The highest BCUT2D eigenvalue weighted by Gasteiger charge is 2.62. The molecule has 0 aromatic carbocycles. The van der Waals surface area contributed by atoms with Crippen LogP contribution in [-0.4, -0.2) is 42.3 Å². The van der Waals surface area contributed by atoms with Crippen molar-refractivity contribution in [3.63, 3.8) is 0 Å². The largest absolute Gasteiger partial charge is 0.409 e. The zero-order valence-electron chi connectivity index (χ0n) is 10.8. The van der Waals surface area contributed by atoms with Gasteiger partial charge in [-0.2, -0.15) is 26.3 Å². The highest BCUT2D eigenvalue weighted by molar-refractivity contribution is 5.80. The maximum Gasteiger partial charge on any atom is 0.409 e. The molecule has 0 spiro atoms. The van der Waals surface area contributed by atoms with Crippen molar-refractivity contribution in [2.45, 2.75) is 38.2 Å². The number of amides is 1. The van der Waals surface area contributed by atoms with E-state index in [2.05, 4.69) is 0 Å². The minimum absolute atomic E-state index is 0.00859. The summed E-state index contributed by atoms with van der Waals surface area (Å²) in [5, 5.41) is 0. The van der Waals surface area contributed by atoms with E-state index in [1.165, 1.54) is 0 Å². The first kappa shape index (κ1) is 17.1. The number of carbonyl (C=O) groups is 1. The molecule has 1 saturated heterocycles. The molecule has 0 saturated carbocycles. The predicted octanol–water partition coefficient (Wildman–Crippen LogP) is 2.31. The zero-order valence-corrected chi connectivity index (χ0v) is 10.8. The van der Waals surface area contributed by atoms with Crippen LogP contribution in [0.4, 0.5) is 26.3 Å². The Morgan fingerprint density at radius 2 is 1.50 bits per heavy atom. The topological polar surface area (TPSA) is 46.3 Å². The number of alkyl halides is 6. The molecule has 0 aromatic heterocycles. The highest BCUT2D eigenvalue weighted by Crippen LogP contribution is 2.40. The zero-order chi connectivity index (χ0) is 15.7. The number of halogens is 6. The van der Waals surface area contributed by atoms with Crippen LogP contribution in [0.5, 0.6) is 0 Å². The smallest absolute Gasteiger partial charge is 0.342 e. The van der Waals surface area contributed by atoms with Crippen molar-refractivity contribution >= 4 is 5.91 Å². The van der Waals surface area contributed by atoms with Crippen molar-refractivity contribution in [3.05, 3.63) is 0 Å². The predicted molar refractivity (Wildman–Crippen MR) is 58.6 cm³/mol. The van der Waals surface area contributed by atoms with Gasteiger partial charge in [0.05, 0.1) is 0 Å². The van der Waals surface area contributed by atoms with Crippen molar-refractivity contribution in [2.75, 3.05) is 13.1 Å². The second-order valence-corrected chi connectivity index (χ2v) is 5.04. The van der Waals surface area contributed by atoms with Gasteiger partial charge in [-0.05, 0) is 25.7 Å². The second-order valence-electron chi connectivity index (χ2n) is 5.04. The standard InChI is InChI=1S/C11H16F6N2O/c1-6(18)7-2-4-19(5-3-7)9(20)8(10(12,13)14)11(15,16)17/h6-8H,2-5,18H2,1H3. The molecule has 0 aromatic rings. The van der Waals surface area contributed by atoms with Gasteiger partial charge >= 0.3 is 12.4 Å². The first-order valence-corrected chi connectivity index (χ1v) is 6.12. The molecule has 2 N–H and O–H groups in total. The molecule has 0 radical (unpaired) electrons. The van der Waals surface area contributed by atoms with Gasteiger partial charge in [0, 0.05) is 19.1 Å². The van der Waals surface area contributed by atoms with Gasteiger partial charge < -0.3 is 10.6 Å². The third kappa shape index (κ3) is 4.00. The van der Waals surface area contributed by atoms with Crippen molar-refractivity contribution in [1.82, 2.24) is 4.90 Å². The number of likely N-dealkylation sites (tertiary alicyclic amines) is 1. The Balaban J connectivity index is 2.78. The van der Waals surface area contributed by atoms with Crippen LogP contribution in [0.15, 0.2) is 0 Å². The van der Waals surface area contributed by atoms with Gasteiger partial charge in [-0.15, -0.1) is 0 Å². The van der Waals surface area contributed by atoms with Crippen molar-refractivity contribution < 1.29 is 31.1 Å². The van der Waals surface area contributed by atoms with E-state index in [4.69, 9.17) is 5.73 Å². The van der Waals surface area contributed by atoms with E-state index in [1.807, 2.05) is 0 Å². The summed E-state index contributed by atoms with van der Waals surface area (Å²) in [5.41, 5.74) is 5.62. The molecule has 1 fully saturated rings. The summed E-state index contributed by atoms with van der Waals surface area (Å²) in [4.78, 5) is 12.2. The number of nitrogens with zero attached hydrogens (tertiary/aromatic N) is 1. The third-order valence-corrected chi connectivity index (χ3v) is 3.50. The van der Waals surface area contributed by atoms with Crippen LogP contribution >= 0.6 is 0 Å². The Labute approximate surface area is 112 Å². The maximum atomic E-state index is 12.4. The summed E-state index contributed by atoms with van der Waals surface area (Å²) in [7, 11) is 0. The summed E-state index contributed by atoms with van der Waals surface area (Å²) in [6, 6.07) is -0.201. The number of hydrogen-bond acceptors (Lipinski definition) is 2. The van der Waals surface area contributed by atoms with Gasteiger partial charge in [0.1, 0.15) is 0 Å². The Kier molecular flexibility index (Phi) is 4.94. The fourth-order valence-corrected chi connectivity index (χ4v) is 2.29. The van der Waals surface area contributed by atoms with E-state index in [0.29, 0.717) is 17.7 Å². The lowest BCUT2D eigenvalue weighted by Crippen LogP contribution is -2.52. The fourth-order valence-electron chi connectivity index (χ4n) is 2.29. The SMILES string of the molecule is CC(N)C1CCN(C(=O)C(C(F)(F)F)C(F)(F)F)CC1. The Hall–Kier alpha value is -0.990. The van der Waals surface area contributed by atoms with Gasteiger partial charge in [-0.1, -0.05) is 0 Å². The van der Waals surface area contributed by atoms with Crippen LogP contribution in [0, 0.1) is 11.8 Å². The molecule has 1 atom stereocenters. The quantitative estimate of drug-likeness (QED) is 0.796. The molecule has 1 aliphatic rings. The fraction of sp³-hybridized carbons (Fsp3) is 0.909. The molecule has 1 aliphatic heterocycles. The van der Waals surface area contributed by atoms with Gasteiger partial charge in [0.2, 0.25) is 11.8 Å². The third-order valence-electron chi connectivity index (χ3n) is 3.50. The highest BCUT2D eigenvalue weighted by atomic mass is 19.4. The molecular weight excluding hydrogens is 290 g/mol. The van der Waals surface area contributed by atoms with Crippen molar-refractivity contribution in [3.8, 4) is 0 Å². The summed E-state index contributed by atoms with van der Waals surface area (Å²) >= 11 is 0. The molecule has 0 aliphatic carbocycles. The van der Waals surface area contributed by atoms with Crippen LogP contribution in [0.25, 0.3) is 0 Å². The minimum atomic E-state index is -5.63. The van der Waals surface area contributed by atoms with Gasteiger partial charge in [0.15, 0.2) is 0 Å². The van der Waals surface area contributed by atoms with Crippen LogP contribution in [-0.2, 0) is 4.79 Å². The maximum absolute atomic E-state index is 12.4. The number of rotatable bonds is 2. The Morgan fingerprint density at radius 3 is 1.80 bits per heavy atom. The number of piperidine rings is 1. The number of carbonyl (C=O) groups excluding carboxylic acids is 1. The molecule has 9 heteroatoms. The van der Waals surface area contributed by atoms with E-state index in [0.717, 1.165) is 0 Å². The molecule has 1 amide bonds. The molecule has 118 valence electrons. The Morgan fingerprint density at radius 1 is 1.10 bits per heavy atom. The van der Waals surface area contributed by atoms with E-state index in [-0.39, 0.29) is 25.0 Å². The van der Waals surface area contributed by atoms with Crippen LogP contribution in [0.3, 0.4) is 0 Å².